The first-order valence-electron chi connectivity index (χ1n) is 5.03. The van der Waals surface area contributed by atoms with Gasteiger partial charge in [-0.05, 0) is 18.2 Å². The first-order chi connectivity index (χ1) is 8.06. The minimum absolute atomic E-state index is 0.0592. The highest BCUT2D eigenvalue weighted by Gasteiger charge is 2.06. The van der Waals surface area contributed by atoms with Crippen molar-refractivity contribution in [3.05, 3.63) is 40.0 Å². The molecule has 0 radical (unpaired) electrons. The Bertz CT molecular complexity index is 584. The monoisotopic (exact) mass is 269 g/mol. The third-order valence-corrected chi connectivity index (χ3v) is 2.87. The lowest BCUT2D eigenvalue weighted by atomic mass is 10.1. The van der Waals surface area contributed by atoms with Gasteiger partial charge in [-0.25, -0.2) is 0 Å². The molecule has 0 atom stereocenters. The topological polar surface area (TPSA) is 50.2 Å². The number of carboxylic acids is 1. The molecule has 0 aliphatic heterocycles. The van der Waals surface area contributed by atoms with Gasteiger partial charge in [-0.3, -0.25) is 9.78 Å². The molecule has 0 fully saturated rings. The summed E-state index contributed by atoms with van der Waals surface area (Å²) in [5.74, 6) is -0.839. The van der Waals surface area contributed by atoms with Gasteiger partial charge in [0.05, 0.1) is 17.0 Å². The lowest BCUT2D eigenvalue weighted by Crippen LogP contribution is -1.99. The maximum atomic E-state index is 10.5. The molecule has 17 heavy (non-hydrogen) atoms. The van der Waals surface area contributed by atoms with Crippen molar-refractivity contribution in [1.29, 1.82) is 0 Å². The van der Waals surface area contributed by atoms with E-state index in [2.05, 4.69) is 4.98 Å². The summed E-state index contributed by atoms with van der Waals surface area (Å²) in [5, 5.41) is 10.5. The number of benzene rings is 1. The molecule has 0 bridgehead atoms. The average molecular weight is 270 g/mol. The van der Waals surface area contributed by atoms with Gasteiger partial charge in [0.1, 0.15) is 0 Å². The van der Waals surface area contributed by atoms with Crippen LogP contribution in [-0.2, 0) is 11.2 Å². The molecule has 1 N–H and O–H groups in total. The predicted molar refractivity (Wildman–Crippen MR) is 67.7 cm³/mol. The second-order valence-electron chi connectivity index (χ2n) is 3.66. The van der Waals surface area contributed by atoms with Gasteiger partial charge in [0, 0.05) is 22.5 Å². The molecule has 0 saturated carbocycles. The van der Waals surface area contributed by atoms with E-state index >= 15 is 0 Å². The van der Waals surface area contributed by atoms with Gasteiger partial charge < -0.3 is 5.11 Å². The highest BCUT2D eigenvalue weighted by molar-refractivity contribution is 6.38. The molecule has 1 aromatic carbocycles. The van der Waals surface area contributed by atoms with Crippen molar-refractivity contribution in [2.45, 2.75) is 12.8 Å². The van der Waals surface area contributed by atoms with Crippen LogP contribution in [0.4, 0.5) is 0 Å². The fraction of sp³-hybridized carbons (Fsp3) is 0.167. The number of hydrogen-bond donors (Lipinski definition) is 1. The van der Waals surface area contributed by atoms with Crippen molar-refractivity contribution in [2.24, 2.45) is 0 Å². The zero-order valence-corrected chi connectivity index (χ0v) is 10.3. The predicted octanol–water partition coefficient (Wildman–Crippen LogP) is 3.56. The zero-order chi connectivity index (χ0) is 12.4. The standard InChI is InChI=1S/C12H9Cl2NO2/c13-8-5-7-1-2-9(3-4-11(16)17)15-12(7)10(14)6-8/h1-2,5-6H,3-4H2,(H,16,17). The number of aryl methyl sites for hydroxylation is 1. The van der Waals surface area contributed by atoms with Gasteiger partial charge >= 0.3 is 5.97 Å². The number of rotatable bonds is 3. The number of carboxylic acid groups (broad SMARTS) is 1. The van der Waals surface area contributed by atoms with Gasteiger partial charge in [-0.15, -0.1) is 0 Å². The minimum Gasteiger partial charge on any atom is -0.481 e. The van der Waals surface area contributed by atoms with E-state index in [0.29, 0.717) is 27.7 Å². The lowest BCUT2D eigenvalue weighted by Gasteiger charge is -2.04. The Morgan fingerprint density at radius 1 is 1.29 bits per heavy atom. The Morgan fingerprint density at radius 2 is 2.06 bits per heavy atom. The van der Waals surface area contributed by atoms with Crippen LogP contribution >= 0.6 is 23.2 Å². The van der Waals surface area contributed by atoms with E-state index in [0.717, 1.165) is 5.39 Å². The summed E-state index contributed by atoms with van der Waals surface area (Å²) < 4.78 is 0. The number of nitrogens with zero attached hydrogens (tertiary/aromatic N) is 1. The van der Waals surface area contributed by atoms with Crippen molar-refractivity contribution in [2.75, 3.05) is 0 Å². The van der Waals surface area contributed by atoms with Crippen LogP contribution in [0, 0.1) is 0 Å². The number of aliphatic carboxylic acids is 1. The zero-order valence-electron chi connectivity index (χ0n) is 8.78. The minimum atomic E-state index is -0.839. The summed E-state index contributed by atoms with van der Waals surface area (Å²) >= 11 is 11.9. The number of hydrogen-bond acceptors (Lipinski definition) is 2. The highest BCUT2D eigenvalue weighted by atomic mass is 35.5. The number of aromatic nitrogens is 1. The second kappa shape index (κ2) is 4.90. The first kappa shape index (κ1) is 12.1. The molecule has 1 heterocycles. The molecule has 0 unspecified atom stereocenters. The number of pyridine rings is 1. The van der Waals surface area contributed by atoms with Gasteiger partial charge in [0.2, 0.25) is 0 Å². The fourth-order valence-corrected chi connectivity index (χ4v) is 2.12. The van der Waals surface area contributed by atoms with Crippen molar-refractivity contribution in [1.82, 2.24) is 4.98 Å². The van der Waals surface area contributed by atoms with E-state index in [1.807, 2.05) is 6.07 Å². The van der Waals surface area contributed by atoms with Crippen molar-refractivity contribution < 1.29 is 9.90 Å². The lowest BCUT2D eigenvalue weighted by molar-refractivity contribution is -0.136. The first-order valence-corrected chi connectivity index (χ1v) is 5.78. The molecule has 5 heteroatoms. The SMILES string of the molecule is O=C(O)CCc1ccc2cc(Cl)cc(Cl)c2n1. The van der Waals surface area contributed by atoms with Crippen molar-refractivity contribution in [3.8, 4) is 0 Å². The summed E-state index contributed by atoms with van der Waals surface area (Å²) in [7, 11) is 0. The maximum Gasteiger partial charge on any atom is 0.303 e. The van der Waals surface area contributed by atoms with Crippen LogP contribution in [-0.4, -0.2) is 16.1 Å². The van der Waals surface area contributed by atoms with Crippen molar-refractivity contribution in [3.63, 3.8) is 0 Å². The fourth-order valence-electron chi connectivity index (χ4n) is 1.57. The maximum absolute atomic E-state index is 10.5. The van der Waals surface area contributed by atoms with E-state index in [9.17, 15) is 4.79 Å². The van der Waals surface area contributed by atoms with Crippen LogP contribution in [0.2, 0.25) is 10.0 Å². The highest BCUT2D eigenvalue weighted by Crippen LogP contribution is 2.26. The molecule has 1 aromatic heterocycles. The smallest absolute Gasteiger partial charge is 0.303 e. The van der Waals surface area contributed by atoms with E-state index in [-0.39, 0.29) is 6.42 Å². The number of fused-ring (bicyclic) bond motifs is 1. The molecular formula is C12H9Cl2NO2. The van der Waals surface area contributed by atoms with Crippen molar-refractivity contribution >= 4 is 40.1 Å². The second-order valence-corrected chi connectivity index (χ2v) is 4.50. The largest absolute Gasteiger partial charge is 0.481 e. The molecule has 0 aliphatic rings. The van der Waals surface area contributed by atoms with Crippen LogP contribution in [0.25, 0.3) is 10.9 Å². The molecule has 2 rings (SSSR count). The van der Waals surface area contributed by atoms with Crippen LogP contribution < -0.4 is 0 Å². The van der Waals surface area contributed by atoms with Gasteiger partial charge in [0.25, 0.3) is 0 Å². The van der Waals surface area contributed by atoms with Gasteiger partial charge in [-0.2, -0.15) is 0 Å². The normalized spacial score (nSPS) is 10.7. The molecule has 3 nitrogen and oxygen atoms in total. The summed E-state index contributed by atoms with van der Waals surface area (Å²) in [5.41, 5.74) is 1.36. The van der Waals surface area contributed by atoms with E-state index in [1.54, 1.807) is 18.2 Å². The Kier molecular flexibility index (Phi) is 3.50. The average Bonchev–Trinajstić information content (AvgIpc) is 2.26. The van der Waals surface area contributed by atoms with E-state index in [1.165, 1.54) is 0 Å². The molecule has 0 spiro atoms. The summed E-state index contributed by atoms with van der Waals surface area (Å²) in [6, 6.07) is 7.03. The Balaban J connectivity index is 2.40. The third-order valence-electron chi connectivity index (χ3n) is 2.36. The number of carbonyl (C=O) groups is 1. The number of halogens is 2. The molecule has 88 valence electrons. The van der Waals surface area contributed by atoms with E-state index in [4.69, 9.17) is 28.3 Å². The molecule has 0 saturated heterocycles. The van der Waals surface area contributed by atoms with Crippen LogP contribution in [0.3, 0.4) is 0 Å². The van der Waals surface area contributed by atoms with E-state index < -0.39 is 5.97 Å². The Labute approximate surface area is 108 Å². The Hall–Kier alpha value is -1.32. The van der Waals surface area contributed by atoms with Crippen LogP contribution in [0.5, 0.6) is 0 Å². The van der Waals surface area contributed by atoms with Crippen LogP contribution in [0.15, 0.2) is 24.3 Å². The molecular weight excluding hydrogens is 261 g/mol. The summed E-state index contributed by atoms with van der Waals surface area (Å²) in [6.45, 7) is 0. The molecule has 0 amide bonds. The summed E-state index contributed by atoms with van der Waals surface area (Å²) in [4.78, 5) is 14.8. The molecule has 2 aromatic rings. The Morgan fingerprint density at radius 3 is 2.76 bits per heavy atom. The quantitative estimate of drug-likeness (QED) is 0.927. The van der Waals surface area contributed by atoms with Gasteiger partial charge in [-0.1, -0.05) is 29.3 Å². The van der Waals surface area contributed by atoms with Crippen LogP contribution in [0.1, 0.15) is 12.1 Å². The summed E-state index contributed by atoms with van der Waals surface area (Å²) in [6.07, 6.45) is 0.452. The third kappa shape index (κ3) is 2.87. The van der Waals surface area contributed by atoms with Gasteiger partial charge in [0.15, 0.2) is 0 Å². The molecule has 0 aliphatic carbocycles.